The summed E-state index contributed by atoms with van der Waals surface area (Å²) in [6.07, 6.45) is -4.38. The van der Waals surface area contributed by atoms with Crippen molar-refractivity contribution in [1.82, 2.24) is 0 Å². The first kappa shape index (κ1) is 20.5. The molecule has 0 aromatic heterocycles. The van der Waals surface area contributed by atoms with E-state index in [0.717, 1.165) is 28.9 Å². The van der Waals surface area contributed by atoms with E-state index < -0.39 is 11.7 Å². The van der Waals surface area contributed by atoms with E-state index in [9.17, 15) is 18.0 Å². The van der Waals surface area contributed by atoms with Crippen molar-refractivity contribution in [2.45, 2.75) is 24.0 Å². The minimum Gasteiger partial charge on any atom is -0.304 e. The Balaban J connectivity index is 1.57. The number of benzene rings is 3. The molecule has 1 heterocycles. The van der Waals surface area contributed by atoms with E-state index in [1.807, 2.05) is 61.5 Å². The highest BCUT2D eigenvalue weighted by atomic mass is 32.2. The van der Waals surface area contributed by atoms with Crippen LogP contribution in [-0.2, 0) is 11.0 Å². The van der Waals surface area contributed by atoms with E-state index >= 15 is 0 Å². The zero-order valence-corrected chi connectivity index (χ0v) is 17.1. The van der Waals surface area contributed by atoms with Crippen molar-refractivity contribution in [1.29, 1.82) is 0 Å². The number of anilines is 1. The highest BCUT2D eigenvalue weighted by molar-refractivity contribution is 7.99. The fourth-order valence-corrected chi connectivity index (χ4v) is 4.77. The van der Waals surface area contributed by atoms with Crippen LogP contribution in [0.5, 0.6) is 0 Å². The topological polar surface area (TPSA) is 20.3 Å². The number of β-lactam (4-membered cyclic amide) rings is 1. The van der Waals surface area contributed by atoms with Gasteiger partial charge in [0.1, 0.15) is 0 Å². The number of thioether (sulfide) groups is 1. The van der Waals surface area contributed by atoms with Crippen LogP contribution >= 0.6 is 11.8 Å². The molecule has 30 heavy (non-hydrogen) atoms. The number of aryl methyl sites for hydroxylation is 1. The molecule has 0 saturated carbocycles. The largest absolute Gasteiger partial charge is 0.416 e. The molecule has 3 aromatic rings. The quantitative estimate of drug-likeness (QED) is 0.342. The van der Waals surface area contributed by atoms with E-state index in [1.54, 1.807) is 11.0 Å². The molecule has 2 atom stereocenters. The molecule has 1 amide bonds. The van der Waals surface area contributed by atoms with Crippen LogP contribution in [0.1, 0.15) is 22.7 Å². The molecule has 2 nitrogen and oxygen atoms in total. The molecule has 0 aliphatic carbocycles. The second-order valence-electron chi connectivity index (χ2n) is 7.34. The molecule has 4 rings (SSSR count). The van der Waals surface area contributed by atoms with Gasteiger partial charge in [0.25, 0.3) is 0 Å². The maximum Gasteiger partial charge on any atom is 0.416 e. The van der Waals surface area contributed by atoms with Crippen LogP contribution in [0.3, 0.4) is 0 Å². The van der Waals surface area contributed by atoms with Crippen LogP contribution < -0.4 is 4.90 Å². The first-order chi connectivity index (χ1) is 14.3. The van der Waals surface area contributed by atoms with Crippen LogP contribution in [0.4, 0.5) is 18.9 Å². The number of alkyl halides is 3. The van der Waals surface area contributed by atoms with Crippen molar-refractivity contribution < 1.29 is 18.0 Å². The molecule has 0 unspecified atom stereocenters. The zero-order valence-electron chi connectivity index (χ0n) is 16.3. The van der Waals surface area contributed by atoms with Gasteiger partial charge in [-0.3, -0.25) is 4.79 Å². The molecule has 154 valence electrons. The maximum atomic E-state index is 13.0. The Hall–Kier alpha value is -2.73. The standard InChI is InChI=1S/C24H20F3NOS/c1-16-10-12-19(13-11-16)28-22(17-6-3-2-4-7-17)21(23(28)29)15-30-20-9-5-8-18(14-20)24(25,26)27/h2-14,21-22H,15H2,1H3/t21-,22+/m0/s1. The molecule has 1 saturated heterocycles. The number of carbonyl (C=O) groups excluding carboxylic acids is 1. The molecule has 6 heteroatoms. The maximum absolute atomic E-state index is 13.0. The van der Waals surface area contributed by atoms with Gasteiger partial charge in [-0.2, -0.15) is 13.2 Å². The summed E-state index contributed by atoms with van der Waals surface area (Å²) in [6.45, 7) is 1.99. The predicted molar refractivity (Wildman–Crippen MR) is 114 cm³/mol. The third-order valence-electron chi connectivity index (χ3n) is 5.26. The van der Waals surface area contributed by atoms with Gasteiger partial charge in [-0.1, -0.05) is 54.1 Å². The van der Waals surface area contributed by atoms with Gasteiger partial charge in [0.2, 0.25) is 5.91 Å². The normalized spacial score (nSPS) is 18.9. The molecule has 0 bridgehead atoms. The molecule has 0 radical (unpaired) electrons. The lowest BCUT2D eigenvalue weighted by molar-refractivity contribution is -0.137. The van der Waals surface area contributed by atoms with Gasteiger partial charge in [0.15, 0.2) is 0 Å². The molecule has 1 aliphatic rings. The summed E-state index contributed by atoms with van der Waals surface area (Å²) in [5.41, 5.74) is 2.29. The van der Waals surface area contributed by atoms with E-state index in [2.05, 4.69) is 0 Å². The fraction of sp³-hybridized carbons (Fsp3) is 0.208. The Morgan fingerprint density at radius 2 is 1.63 bits per heavy atom. The van der Waals surface area contributed by atoms with Crippen LogP contribution in [0.2, 0.25) is 0 Å². The average Bonchev–Trinajstić information content (AvgIpc) is 2.73. The summed E-state index contributed by atoms with van der Waals surface area (Å²) < 4.78 is 39.0. The van der Waals surface area contributed by atoms with E-state index in [4.69, 9.17) is 0 Å². The molecule has 1 fully saturated rings. The summed E-state index contributed by atoms with van der Waals surface area (Å²) in [6, 6.07) is 22.7. The lowest BCUT2D eigenvalue weighted by Gasteiger charge is -2.47. The van der Waals surface area contributed by atoms with Crippen molar-refractivity contribution in [3.63, 3.8) is 0 Å². The zero-order chi connectivity index (χ0) is 21.3. The summed E-state index contributed by atoms with van der Waals surface area (Å²) in [5, 5.41) is 0. The van der Waals surface area contributed by atoms with E-state index in [0.29, 0.717) is 10.6 Å². The Morgan fingerprint density at radius 1 is 0.933 bits per heavy atom. The second kappa shape index (κ2) is 8.19. The first-order valence-electron chi connectivity index (χ1n) is 9.59. The highest BCUT2D eigenvalue weighted by Crippen LogP contribution is 2.45. The van der Waals surface area contributed by atoms with Gasteiger partial charge in [0, 0.05) is 16.3 Å². The minimum atomic E-state index is -4.38. The van der Waals surface area contributed by atoms with Crippen LogP contribution in [-0.4, -0.2) is 11.7 Å². The van der Waals surface area contributed by atoms with Crippen molar-refractivity contribution in [2.24, 2.45) is 5.92 Å². The number of amides is 1. The lowest BCUT2D eigenvalue weighted by atomic mass is 9.83. The number of rotatable bonds is 5. The third-order valence-corrected chi connectivity index (χ3v) is 6.37. The molecule has 0 spiro atoms. The third kappa shape index (κ3) is 4.10. The van der Waals surface area contributed by atoms with Gasteiger partial charge in [0.05, 0.1) is 17.5 Å². The summed E-state index contributed by atoms with van der Waals surface area (Å²) in [4.78, 5) is 15.3. The Bertz CT molecular complexity index is 1030. The summed E-state index contributed by atoms with van der Waals surface area (Å²) >= 11 is 1.29. The van der Waals surface area contributed by atoms with Gasteiger partial charge in [-0.05, 0) is 42.8 Å². The number of hydrogen-bond acceptors (Lipinski definition) is 2. The number of hydrogen-bond donors (Lipinski definition) is 0. The number of carbonyl (C=O) groups is 1. The molecule has 0 N–H and O–H groups in total. The van der Waals surface area contributed by atoms with Gasteiger partial charge < -0.3 is 4.90 Å². The van der Waals surface area contributed by atoms with Crippen LogP contribution in [0.15, 0.2) is 83.8 Å². The number of nitrogens with zero attached hydrogens (tertiary/aromatic N) is 1. The van der Waals surface area contributed by atoms with Crippen molar-refractivity contribution in [3.05, 3.63) is 95.6 Å². The Labute approximate surface area is 177 Å². The first-order valence-corrected chi connectivity index (χ1v) is 10.6. The molecular weight excluding hydrogens is 407 g/mol. The van der Waals surface area contributed by atoms with Crippen LogP contribution in [0, 0.1) is 12.8 Å². The average molecular weight is 427 g/mol. The van der Waals surface area contributed by atoms with Gasteiger partial charge >= 0.3 is 6.18 Å². The predicted octanol–water partition coefficient (Wildman–Crippen LogP) is 6.51. The SMILES string of the molecule is Cc1ccc(N2C(=O)[C@@H](CSc3cccc(C(F)(F)F)c3)[C@H]2c2ccccc2)cc1. The Morgan fingerprint density at radius 3 is 2.30 bits per heavy atom. The Kier molecular flexibility index (Phi) is 5.60. The van der Waals surface area contributed by atoms with Gasteiger partial charge in [-0.15, -0.1) is 11.8 Å². The van der Waals surface area contributed by atoms with Crippen molar-refractivity contribution >= 4 is 23.4 Å². The van der Waals surface area contributed by atoms with E-state index in [1.165, 1.54) is 17.8 Å². The van der Waals surface area contributed by atoms with E-state index in [-0.39, 0.29) is 17.9 Å². The van der Waals surface area contributed by atoms with Gasteiger partial charge in [-0.25, -0.2) is 0 Å². The molecule has 1 aliphatic heterocycles. The minimum absolute atomic E-state index is 0.00724. The highest BCUT2D eigenvalue weighted by Gasteiger charge is 2.48. The molecule has 3 aromatic carbocycles. The fourth-order valence-electron chi connectivity index (χ4n) is 3.68. The lowest BCUT2D eigenvalue weighted by Crippen LogP contribution is -2.56. The smallest absolute Gasteiger partial charge is 0.304 e. The van der Waals surface area contributed by atoms with Crippen LogP contribution in [0.25, 0.3) is 0 Å². The summed E-state index contributed by atoms with van der Waals surface area (Å²) in [5.74, 6) is 0.114. The second-order valence-corrected chi connectivity index (χ2v) is 8.44. The van der Waals surface area contributed by atoms with Crippen molar-refractivity contribution in [2.75, 3.05) is 10.7 Å². The summed E-state index contributed by atoms with van der Waals surface area (Å²) in [7, 11) is 0. The molecular formula is C24H20F3NOS. The monoisotopic (exact) mass is 427 g/mol. The van der Waals surface area contributed by atoms with Crippen molar-refractivity contribution in [3.8, 4) is 0 Å². The number of halogens is 3.